The first-order valence-corrected chi connectivity index (χ1v) is 11.7. The molecule has 1 aromatic heterocycles. The minimum absolute atomic E-state index is 0.0108. The number of amides is 2. The average molecular weight is 435 g/mol. The van der Waals surface area contributed by atoms with Crippen molar-refractivity contribution in [2.45, 2.75) is 57.9 Å². The minimum atomic E-state index is -0.202. The van der Waals surface area contributed by atoms with Gasteiger partial charge in [-0.05, 0) is 45.1 Å². The van der Waals surface area contributed by atoms with E-state index in [-0.39, 0.29) is 35.1 Å². The summed E-state index contributed by atoms with van der Waals surface area (Å²) in [6, 6.07) is 8.10. The first-order valence-electron chi connectivity index (χ1n) is 11.7. The Labute approximate surface area is 187 Å². The highest BCUT2D eigenvalue weighted by Crippen LogP contribution is 2.33. The zero-order valence-electron chi connectivity index (χ0n) is 18.8. The number of rotatable bonds is 4. The van der Waals surface area contributed by atoms with Gasteiger partial charge >= 0.3 is 0 Å². The molecule has 1 aliphatic carbocycles. The maximum absolute atomic E-state index is 13.1. The summed E-state index contributed by atoms with van der Waals surface area (Å²) < 4.78 is 0. The summed E-state index contributed by atoms with van der Waals surface area (Å²) in [5.74, 6) is 0.930. The predicted molar refractivity (Wildman–Crippen MR) is 120 cm³/mol. The Balaban J connectivity index is 1.30. The molecule has 0 spiro atoms. The van der Waals surface area contributed by atoms with Crippen LogP contribution in [0, 0.1) is 12.8 Å². The van der Waals surface area contributed by atoms with E-state index in [1.165, 1.54) is 5.56 Å². The number of fused-ring (bicyclic) bond motifs is 1. The number of aromatic nitrogens is 2. The number of hydrogen-bond acceptors (Lipinski definition) is 4. The van der Waals surface area contributed by atoms with Gasteiger partial charge in [-0.25, -0.2) is 4.98 Å². The van der Waals surface area contributed by atoms with Gasteiger partial charge in [0.2, 0.25) is 11.8 Å². The van der Waals surface area contributed by atoms with Gasteiger partial charge in [0.15, 0.2) is 0 Å². The van der Waals surface area contributed by atoms with Crippen LogP contribution in [0.3, 0.4) is 0 Å². The highest BCUT2D eigenvalue weighted by Gasteiger charge is 2.36. The Morgan fingerprint density at radius 3 is 2.56 bits per heavy atom. The fraction of sp³-hybridized carbons (Fsp3) is 0.520. The summed E-state index contributed by atoms with van der Waals surface area (Å²) in [6.45, 7) is 6.21. The van der Waals surface area contributed by atoms with Gasteiger partial charge in [-0.1, -0.05) is 29.8 Å². The van der Waals surface area contributed by atoms with Gasteiger partial charge in [0.05, 0.1) is 18.2 Å². The minimum Gasteiger partial charge on any atom is -0.341 e. The molecule has 7 heteroatoms. The van der Waals surface area contributed by atoms with Crippen LogP contribution in [0.25, 0.3) is 0 Å². The Morgan fingerprint density at radius 1 is 1.09 bits per heavy atom. The summed E-state index contributed by atoms with van der Waals surface area (Å²) in [5, 5.41) is 0. The Morgan fingerprint density at radius 2 is 1.84 bits per heavy atom. The van der Waals surface area contributed by atoms with E-state index in [2.05, 4.69) is 4.98 Å². The van der Waals surface area contributed by atoms with Gasteiger partial charge in [0.25, 0.3) is 5.56 Å². The van der Waals surface area contributed by atoms with E-state index in [0.29, 0.717) is 44.0 Å². The SMILES string of the molecule is Cc1ccc([C@@H](C)C(=O)N2CC[C@@H](c3nc4c(c(=O)[nH]3)CCN(C(=O)C3CC3)C4)C2)cc1. The maximum atomic E-state index is 13.1. The zero-order valence-corrected chi connectivity index (χ0v) is 18.8. The highest BCUT2D eigenvalue weighted by molar-refractivity contribution is 5.83. The lowest BCUT2D eigenvalue weighted by molar-refractivity contribution is -0.133. The van der Waals surface area contributed by atoms with E-state index < -0.39 is 0 Å². The zero-order chi connectivity index (χ0) is 22.4. The number of H-pyrrole nitrogens is 1. The number of likely N-dealkylation sites (tertiary alicyclic amines) is 1. The van der Waals surface area contributed by atoms with Crippen molar-refractivity contribution >= 4 is 11.8 Å². The number of carbonyl (C=O) groups excluding carboxylic acids is 2. The van der Waals surface area contributed by atoms with Gasteiger partial charge in [0.1, 0.15) is 5.82 Å². The molecule has 2 aliphatic heterocycles. The molecule has 3 heterocycles. The first-order chi connectivity index (χ1) is 15.4. The molecule has 0 bridgehead atoms. The molecule has 168 valence electrons. The summed E-state index contributed by atoms with van der Waals surface area (Å²) >= 11 is 0. The number of hydrogen-bond donors (Lipinski definition) is 1. The van der Waals surface area contributed by atoms with Crippen molar-refractivity contribution in [3.8, 4) is 0 Å². The average Bonchev–Trinajstić information content (AvgIpc) is 3.53. The van der Waals surface area contributed by atoms with Crippen LogP contribution in [0.4, 0.5) is 0 Å². The Bertz CT molecular complexity index is 1100. The topological polar surface area (TPSA) is 86.4 Å². The quantitative estimate of drug-likeness (QED) is 0.801. The van der Waals surface area contributed by atoms with E-state index in [9.17, 15) is 14.4 Å². The number of nitrogens with one attached hydrogen (secondary N) is 1. The second-order valence-corrected chi connectivity index (χ2v) is 9.56. The molecule has 1 aromatic carbocycles. The van der Waals surface area contributed by atoms with Crippen LogP contribution in [-0.2, 0) is 22.6 Å². The molecule has 2 aromatic rings. The molecular weight excluding hydrogens is 404 g/mol. The highest BCUT2D eigenvalue weighted by atomic mass is 16.2. The summed E-state index contributed by atoms with van der Waals surface area (Å²) in [5.41, 5.74) is 3.52. The summed E-state index contributed by atoms with van der Waals surface area (Å²) in [7, 11) is 0. The lowest BCUT2D eigenvalue weighted by Crippen LogP contribution is -2.40. The van der Waals surface area contributed by atoms with Crippen molar-refractivity contribution in [2.75, 3.05) is 19.6 Å². The molecule has 2 amide bonds. The molecule has 2 fully saturated rings. The lowest BCUT2D eigenvalue weighted by Gasteiger charge is -2.28. The molecule has 1 saturated heterocycles. The number of carbonyl (C=O) groups is 2. The van der Waals surface area contributed by atoms with Crippen LogP contribution in [0.2, 0.25) is 0 Å². The predicted octanol–water partition coefficient (Wildman–Crippen LogP) is 2.49. The van der Waals surface area contributed by atoms with Crippen LogP contribution in [0.5, 0.6) is 0 Å². The van der Waals surface area contributed by atoms with Gasteiger partial charge < -0.3 is 14.8 Å². The van der Waals surface area contributed by atoms with E-state index in [4.69, 9.17) is 4.98 Å². The fourth-order valence-electron chi connectivity index (χ4n) is 4.88. The van der Waals surface area contributed by atoms with Crippen molar-refractivity contribution < 1.29 is 9.59 Å². The van der Waals surface area contributed by atoms with Crippen molar-refractivity contribution in [3.05, 3.63) is 62.8 Å². The monoisotopic (exact) mass is 434 g/mol. The third-order valence-electron chi connectivity index (χ3n) is 7.16. The van der Waals surface area contributed by atoms with E-state index >= 15 is 0 Å². The standard InChI is InChI=1S/C25H30N4O3/c1-15-3-5-17(6-4-15)16(2)24(31)28-11-9-19(13-28)22-26-21-14-29(25(32)18-7-8-18)12-10-20(21)23(30)27-22/h3-6,16,18-19H,7-14H2,1-2H3,(H,26,27,30)/t16-,19-/m1/s1. The molecular formula is C25H30N4O3. The van der Waals surface area contributed by atoms with Gasteiger partial charge in [0, 0.05) is 37.0 Å². The number of aryl methyl sites for hydroxylation is 1. The number of nitrogens with zero attached hydrogens (tertiary/aromatic N) is 3. The normalized spacial score (nSPS) is 21.4. The van der Waals surface area contributed by atoms with Crippen LogP contribution >= 0.6 is 0 Å². The molecule has 5 rings (SSSR count). The molecule has 0 unspecified atom stereocenters. The summed E-state index contributed by atoms with van der Waals surface area (Å²) in [4.78, 5) is 49.8. The molecule has 0 radical (unpaired) electrons. The van der Waals surface area contributed by atoms with Crippen molar-refractivity contribution in [3.63, 3.8) is 0 Å². The van der Waals surface area contributed by atoms with Crippen LogP contribution in [-0.4, -0.2) is 51.2 Å². The van der Waals surface area contributed by atoms with Gasteiger partial charge in [-0.15, -0.1) is 0 Å². The second-order valence-electron chi connectivity index (χ2n) is 9.56. The number of benzene rings is 1. The van der Waals surface area contributed by atoms with Crippen LogP contribution in [0.15, 0.2) is 29.1 Å². The molecule has 2 atom stereocenters. The Hall–Kier alpha value is -2.96. The smallest absolute Gasteiger partial charge is 0.254 e. The fourth-order valence-corrected chi connectivity index (χ4v) is 4.88. The molecule has 1 saturated carbocycles. The largest absolute Gasteiger partial charge is 0.341 e. The Kier molecular flexibility index (Phi) is 5.35. The van der Waals surface area contributed by atoms with Crippen molar-refractivity contribution in [1.29, 1.82) is 0 Å². The van der Waals surface area contributed by atoms with Gasteiger partial charge in [-0.3, -0.25) is 14.4 Å². The maximum Gasteiger partial charge on any atom is 0.254 e. The molecule has 32 heavy (non-hydrogen) atoms. The van der Waals surface area contributed by atoms with E-state index in [0.717, 1.165) is 30.5 Å². The van der Waals surface area contributed by atoms with E-state index in [1.54, 1.807) is 0 Å². The van der Waals surface area contributed by atoms with Crippen LogP contribution in [0.1, 0.15) is 66.2 Å². The summed E-state index contributed by atoms with van der Waals surface area (Å²) in [6.07, 6.45) is 3.28. The van der Waals surface area contributed by atoms with Crippen molar-refractivity contribution in [1.82, 2.24) is 19.8 Å². The van der Waals surface area contributed by atoms with Crippen LogP contribution < -0.4 is 5.56 Å². The third kappa shape index (κ3) is 3.96. The lowest BCUT2D eigenvalue weighted by atomic mass is 9.98. The molecule has 7 nitrogen and oxygen atoms in total. The third-order valence-corrected chi connectivity index (χ3v) is 7.16. The molecule has 1 N–H and O–H groups in total. The molecule has 3 aliphatic rings. The van der Waals surface area contributed by atoms with E-state index in [1.807, 2.05) is 47.9 Å². The van der Waals surface area contributed by atoms with Gasteiger partial charge in [-0.2, -0.15) is 0 Å². The van der Waals surface area contributed by atoms with Crippen molar-refractivity contribution in [2.24, 2.45) is 5.92 Å². The first kappa shape index (κ1) is 20.9. The number of aromatic amines is 1. The second kappa shape index (κ2) is 8.19.